The van der Waals surface area contributed by atoms with Crippen molar-refractivity contribution in [2.24, 2.45) is 0 Å². The third-order valence-corrected chi connectivity index (χ3v) is 5.62. The SMILES string of the molecule is O=C(Cc1ccccc1Br)Oc1ccc(C=C2SC(=O)NC2=O)cc1Br. The molecule has 0 unspecified atom stereocenters. The van der Waals surface area contributed by atoms with Crippen LogP contribution >= 0.6 is 43.6 Å². The molecule has 1 aliphatic heterocycles. The number of imide groups is 1. The fraction of sp³-hybridized carbons (Fsp3) is 0.0556. The molecule has 0 aromatic heterocycles. The minimum Gasteiger partial charge on any atom is -0.425 e. The Labute approximate surface area is 170 Å². The summed E-state index contributed by atoms with van der Waals surface area (Å²) >= 11 is 7.61. The Morgan fingerprint density at radius 2 is 1.88 bits per heavy atom. The summed E-state index contributed by atoms with van der Waals surface area (Å²) in [6.45, 7) is 0. The van der Waals surface area contributed by atoms with Crippen molar-refractivity contribution in [2.75, 3.05) is 0 Å². The van der Waals surface area contributed by atoms with Gasteiger partial charge >= 0.3 is 5.97 Å². The number of nitrogens with one attached hydrogen (secondary N) is 1. The quantitative estimate of drug-likeness (QED) is 0.378. The average molecular weight is 497 g/mol. The molecular formula is C18H11Br2NO4S. The van der Waals surface area contributed by atoms with Gasteiger partial charge in [0.2, 0.25) is 0 Å². The van der Waals surface area contributed by atoms with Gasteiger partial charge in [-0.3, -0.25) is 19.7 Å². The van der Waals surface area contributed by atoms with Crippen LogP contribution in [0.25, 0.3) is 6.08 Å². The van der Waals surface area contributed by atoms with E-state index in [1.54, 1.807) is 24.3 Å². The van der Waals surface area contributed by atoms with E-state index in [4.69, 9.17) is 4.74 Å². The molecule has 0 spiro atoms. The van der Waals surface area contributed by atoms with Gasteiger partial charge in [-0.1, -0.05) is 40.2 Å². The third kappa shape index (κ3) is 4.63. The molecule has 0 aliphatic carbocycles. The van der Waals surface area contributed by atoms with E-state index in [1.165, 1.54) is 0 Å². The molecule has 0 saturated carbocycles. The topological polar surface area (TPSA) is 72.5 Å². The van der Waals surface area contributed by atoms with Crippen LogP contribution in [0.15, 0.2) is 56.3 Å². The van der Waals surface area contributed by atoms with Crippen LogP contribution in [0.4, 0.5) is 4.79 Å². The first-order valence-corrected chi connectivity index (χ1v) is 9.81. The van der Waals surface area contributed by atoms with E-state index >= 15 is 0 Å². The zero-order valence-electron chi connectivity index (χ0n) is 13.1. The highest BCUT2D eigenvalue weighted by Crippen LogP contribution is 2.30. The number of thioether (sulfide) groups is 1. The number of hydrogen-bond donors (Lipinski definition) is 1. The number of amides is 2. The van der Waals surface area contributed by atoms with Crippen LogP contribution < -0.4 is 10.1 Å². The third-order valence-electron chi connectivity index (χ3n) is 3.41. The fourth-order valence-corrected chi connectivity index (χ4v) is 3.80. The van der Waals surface area contributed by atoms with Crippen LogP contribution in [-0.2, 0) is 16.0 Å². The Hall–Kier alpha value is -1.90. The fourth-order valence-electron chi connectivity index (χ4n) is 2.22. The maximum absolute atomic E-state index is 12.2. The molecule has 0 bridgehead atoms. The second kappa shape index (κ2) is 8.20. The van der Waals surface area contributed by atoms with Crippen molar-refractivity contribution in [3.63, 3.8) is 0 Å². The number of benzene rings is 2. The number of carbonyl (C=O) groups excluding carboxylic acids is 3. The molecule has 132 valence electrons. The summed E-state index contributed by atoms with van der Waals surface area (Å²) in [6.07, 6.45) is 1.74. The number of carbonyl (C=O) groups is 3. The van der Waals surface area contributed by atoms with Crippen LogP contribution in [0.3, 0.4) is 0 Å². The van der Waals surface area contributed by atoms with E-state index < -0.39 is 11.1 Å². The van der Waals surface area contributed by atoms with Crippen LogP contribution in [0.1, 0.15) is 11.1 Å². The van der Waals surface area contributed by atoms with Crippen molar-refractivity contribution in [3.8, 4) is 5.75 Å². The lowest BCUT2D eigenvalue weighted by Crippen LogP contribution is -2.17. The van der Waals surface area contributed by atoms with Crippen molar-refractivity contribution in [3.05, 3.63) is 67.4 Å². The Kier molecular flexibility index (Phi) is 5.95. The van der Waals surface area contributed by atoms with Gasteiger partial charge in [0, 0.05) is 4.47 Å². The summed E-state index contributed by atoms with van der Waals surface area (Å²) in [5, 5.41) is 1.81. The predicted octanol–water partition coefficient (Wildman–Crippen LogP) is 4.68. The summed E-state index contributed by atoms with van der Waals surface area (Å²) in [6, 6.07) is 12.5. The van der Waals surface area contributed by atoms with Gasteiger partial charge in [0.25, 0.3) is 11.1 Å². The molecule has 1 fully saturated rings. The van der Waals surface area contributed by atoms with Gasteiger partial charge < -0.3 is 4.74 Å². The van der Waals surface area contributed by atoms with Crippen molar-refractivity contribution >= 4 is 66.8 Å². The van der Waals surface area contributed by atoms with Crippen LogP contribution in [0.2, 0.25) is 0 Å². The Balaban J connectivity index is 1.71. The highest BCUT2D eigenvalue weighted by molar-refractivity contribution is 9.10. The minimum atomic E-state index is -0.417. The Morgan fingerprint density at radius 3 is 2.54 bits per heavy atom. The highest BCUT2D eigenvalue weighted by atomic mass is 79.9. The standard InChI is InChI=1S/C18H11Br2NO4S/c19-12-4-2-1-3-11(12)9-16(22)25-14-6-5-10(7-13(14)20)8-15-17(23)21-18(24)26-15/h1-8H,9H2,(H,21,23,24). The van der Waals surface area contributed by atoms with Crippen molar-refractivity contribution in [1.29, 1.82) is 0 Å². The van der Waals surface area contributed by atoms with Gasteiger partial charge in [0.05, 0.1) is 15.8 Å². The molecule has 8 heteroatoms. The number of ether oxygens (including phenoxy) is 1. The van der Waals surface area contributed by atoms with Crippen LogP contribution in [0.5, 0.6) is 5.75 Å². The van der Waals surface area contributed by atoms with E-state index in [1.807, 2.05) is 24.3 Å². The molecular weight excluding hydrogens is 486 g/mol. The van der Waals surface area contributed by atoms with E-state index in [2.05, 4.69) is 37.2 Å². The average Bonchev–Trinajstić information content (AvgIpc) is 2.89. The molecule has 26 heavy (non-hydrogen) atoms. The maximum Gasteiger partial charge on any atom is 0.315 e. The van der Waals surface area contributed by atoms with E-state index in [-0.39, 0.29) is 12.4 Å². The van der Waals surface area contributed by atoms with E-state index in [0.29, 0.717) is 20.7 Å². The molecule has 2 aromatic rings. The van der Waals surface area contributed by atoms with Gasteiger partial charge in [0.1, 0.15) is 5.75 Å². The zero-order valence-corrected chi connectivity index (χ0v) is 17.1. The first-order chi connectivity index (χ1) is 12.4. The smallest absolute Gasteiger partial charge is 0.315 e. The lowest BCUT2D eigenvalue weighted by molar-refractivity contribution is -0.133. The first-order valence-electron chi connectivity index (χ1n) is 7.41. The number of rotatable bonds is 4. The molecule has 0 atom stereocenters. The first kappa shape index (κ1) is 18.9. The Morgan fingerprint density at radius 1 is 1.12 bits per heavy atom. The number of esters is 1. The van der Waals surface area contributed by atoms with Gasteiger partial charge in [0.15, 0.2) is 0 Å². The lowest BCUT2D eigenvalue weighted by atomic mass is 10.1. The molecule has 5 nitrogen and oxygen atoms in total. The molecule has 1 saturated heterocycles. The van der Waals surface area contributed by atoms with E-state index in [0.717, 1.165) is 21.8 Å². The zero-order chi connectivity index (χ0) is 18.7. The van der Waals surface area contributed by atoms with Gasteiger partial charge in [-0.05, 0) is 63.1 Å². The lowest BCUT2D eigenvalue weighted by Gasteiger charge is -2.08. The van der Waals surface area contributed by atoms with Crippen LogP contribution in [0, 0.1) is 0 Å². The van der Waals surface area contributed by atoms with Gasteiger partial charge in [-0.15, -0.1) is 0 Å². The van der Waals surface area contributed by atoms with E-state index in [9.17, 15) is 14.4 Å². The molecule has 1 N–H and O–H groups in total. The van der Waals surface area contributed by atoms with Crippen molar-refractivity contribution in [1.82, 2.24) is 5.32 Å². The second-order valence-corrected chi connectivity index (χ2v) is 8.01. The predicted molar refractivity (Wildman–Crippen MR) is 107 cm³/mol. The maximum atomic E-state index is 12.2. The minimum absolute atomic E-state index is 0.137. The molecule has 2 aromatic carbocycles. The second-order valence-electron chi connectivity index (χ2n) is 5.28. The molecule has 0 radical (unpaired) electrons. The molecule has 1 heterocycles. The molecule has 1 aliphatic rings. The van der Waals surface area contributed by atoms with Crippen molar-refractivity contribution in [2.45, 2.75) is 6.42 Å². The van der Waals surface area contributed by atoms with Gasteiger partial charge in [-0.2, -0.15) is 0 Å². The normalized spacial score (nSPS) is 15.2. The largest absolute Gasteiger partial charge is 0.425 e. The summed E-state index contributed by atoms with van der Waals surface area (Å²) in [5.74, 6) is -0.427. The number of halogens is 2. The number of hydrogen-bond acceptors (Lipinski definition) is 5. The molecule has 2 amide bonds. The van der Waals surface area contributed by atoms with Crippen LogP contribution in [-0.4, -0.2) is 17.1 Å². The van der Waals surface area contributed by atoms with Gasteiger partial charge in [-0.25, -0.2) is 0 Å². The highest BCUT2D eigenvalue weighted by Gasteiger charge is 2.25. The summed E-state index contributed by atoms with van der Waals surface area (Å²) in [7, 11) is 0. The van der Waals surface area contributed by atoms with Crippen molar-refractivity contribution < 1.29 is 19.1 Å². The monoisotopic (exact) mass is 495 g/mol. The molecule has 3 rings (SSSR count). The summed E-state index contributed by atoms with van der Waals surface area (Å²) in [4.78, 5) is 35.3. The summed E-state index contributed by atoms with van der Waals surface area (Å²) < 4.78 is 6.82. The Bertz CT molecular complexity index is 943. The summed E-state index contributed by atoms with van der Waals surface area (Å²) in [5.41, 5.74) is 1.54.